The number of carbonyl (C=O) groups excluding carboxylic acids is 1. The van der Waals surface area contributed by atoms with E-state index >= 15 is 0 Å². The molecule has 1 unspecified atom stereocenters. The van der Waals surface area contributed by atoms with Crippen molar-refractivity contribution in [2.45, 2.75) is 31.3 Å². The van der Waals surface area contributed by atoms with Crippen LogP contribution in [0.2, 0.25) is 0 Å². The summed E-state index contributed by atoms with van der Waals surface area (Å²) >= 11 is 0. The quantitative estimate of drug-likeness (QED) is 0.888. The highest BCUT2D eigenvalue weighted by Crippen LogP contribution is 2.23. The highest BCUT2D eigenvalue weighted by molar-refractivity contribution is 5.78. The van der Waals surface area contributed by atoms with E-state index in [-0.39, 0.29) is 18.3 Å². The largest absolute Gasteiger partial charge is 0.491 e. The molecule has 1 atom stereocenters. The van der Waals surface area contributed by atoms with Crippen LogP contribution in [0.3, 0.4) is 0 Å². The lowest BCUT2D eigenvalue weighted by Crippen LogP contribution is -2.54. The number of amides is 1. The summed E-state index contributed by atoms with van der Waals surface area (Å²) in [7, 11) is 0. The van der Waals surface area contributed by atoms with Gasteiger partial charge in [0, 0.05) is 6.54 Å². The van der Waals surface area contributed by atoms with Gasteiger partial charge in [-0.25, -0.2) is 4.39 Å². The van der Waals surface area contributed by atoms with Crippen molar-refractivity contribution in [3.05, 3.63) is 30.1 Å². The third-order valence-corrected chi connectivity index (χ3v) is 4.79. The molecule has 1 N–H and O–H groups in total. The first-order valence-electron chi connectivity index (χ1n) is 8.65. The van der Waals surface area contributed by atoms with Crippen LogP contribution in [0.1, 0.15) is 25.7 Å². The van der Waals surface area contributed by atoms with Gasteiger partial charge in [-0.1, -0.05) is 0 Å². The van der Waals surface area contributed by atoms with E-state index in [2.05, 4.69) is 4.90 Å². The molecule has 0 aliphatic carbocycles. The maximum atomic E-state index is 12.9. The van der Waals surface area contributed by atoms with Gasteiger partial charge in [0.25, 0.3) is 0 Å². The molecular weight excluding hydrogens is 311 g/mol. The van der Waals surface area contributed by atoms with Crippen molar-refractivity contribution in [2.24, 2.45) is 0 Å². The fourth-order valence-corrected chi connectivity index (χ4v) is 3.42. The summed E-state index contributed by atoms with van der Waals surface area (Å²) < 4.78 is 18.5. The Labute approximate surface area is 142 Å². The second-order valence-corrected chi connectivity index (χ2v) is 6.87. The Morgan fingerprint density at radius 1 is 1.17 bits per heavy atom. The van der Waals surface area contributed by atoms with Crippen LogP contribution in [-0.4, -0.2) is 65.7 Å². The van der Waals surface area contributed by atoms with Crippen LogP contribution in [0.5, 0.6) is 5.75 Å². The molecule has 3 rings (SSSR count). The molecule has 6 heteroatoms. The lowest BCUT2D eigenvalue weighted by Gasteiger charge is -2.39. The summed E-state index contributed by atoms with van der Waals surface area (Å²) in [5, 5.41) is 10.8. The smallest absolute Gasteiger partial charge is 0.236 e. The van der Waals surface area contributed by atoms with Crippen LogP contribution in [0.15, 0.2) is 24.3 Å². The zero-order valence-corrected chi connectivity index (χ0v) is 13.9. The predicted molar refractivity (Wildman–Crippen MR) is 88.3 cm³/mol. The normalized spacial score (nSPS) is 25.0. The standard InChI is InChI=1S/C18H25FN2O3/c19-15-4-6-16(7-5-15)24-14-18(23)8-3-11-21(13-18)17(22)12-20-9-1-2-10-20/h4-7,23H,1-3,8-14H2. The number of likely N-dealkylation sites (tertiary alicyclic amines) is 2. The number of aliphatic hydroxyl groups is 1. The molecule has 2 aliphatic heterocycles. The molecule has 2 saturated heterocycles. The van der Waals surface area contributed by atoms with Crippen LogP contribution >= 0.6 is 0 Å². The maximum absolute atomic E-state index is 12.9. The Kier molecular flexibility index (Phi) is 5.36. The van der Waals surface area contributed by atoms with Crippen LogP contribution in [0.25, 0.3) is 0 Å². The van der Waals surface area contributed by atoms with Gasteiger partial charge in [-0.15, -0.1) is 0 Å². The third kappa shape index (κ3) is 4.45. The summed E-state index contributed by atoms with van der Waals surface area (Å²) in [6, 6.07) is 5.73. The zero-order chi connectivity index (χ0) is 17.0. The number of carbonyl (C=O) groups is 1. The van der Waals surface area contributed by atoms with Gasteiger partial charge in [0.2, 0.25) is 5.91 Å². The molecule has 2 aliphatic rings. The first-order valence-corrected chi connectivity index (χ1v) is 8.65. The first kappa shape index (κ1) is 17.2. The molecule has 1 amide bonds. The number of nitrogens with zero attached hydrogens (tertiary/aromatic N) is 2. The van der Waals surface area contributed by atoms with E-state index < -0.39 is 5.60 Å². The van der Waals surface area contributed by atoms with E-state index in [9.17, 15) is 14.3 Å². The lowest BCUT2D eigenvalue weighted by molar-refractivity contribution is -0.141. The molecule has 0 radical (unpaired) electrons. The average Bonchev–Trinajstić information content (AvgIpc) is 3.07. The number of ether oxygens (including phenoxy) is 1. The van der Waals surface area contributed by atoms with E-state index in [0.29, 0.717) is 31.8 Å². The molecule has 24 heavy (non-hydrogen) atoms. The van der Waals surface area contributed by atoms with E-state index in [1.807, 2.05) is 0 Å². The van der Waals surface area contributed by atoms with Crippen molar-refractivity contribution >= 4 is 5.91 Å². The second-order valence-electron chi connectivity index (χ2n) is 6.87. The Morgan fingerprint density at radius 3 is 2.58 bits per heavy atom. The lowest BCUT2D eigenvalue weighted by atomic mass is 9.93. The minimum atomic E-state index is -1.05. The summed E-state index contributed by atoms with van der Waals surface area (Å²) in [4.78, 5) is 16.4. The molecule has 0 aromatic heterocycles. The molecule has 0 bridgehead atoms. The van der Waals surface area contributed by atoms with E-state index in [1.54, 1.807) is 4.90 Å². The van der Waals surface area contributed by atoms with E-state index in [0.717, 1.165) is 32.4 Å². The van der Waals surface area contributed by atoms with Crippen LogP contribution < -0.4 is 4.74 Å². The second kappa shape index (κ2) is 7.49. The van der Waals surface area contributed by atoms with Gasteiger partial charge in [0.05, 0.1) is 13.1 Å². The molecule has 1 aromatic carbocycles. The average molecular weight is 336 g/mol. The highest BCUT2D eigenvalue weighted by atomic mass is 19.1. The van der Waals surface area contributed by atoms with Gasteiger partial charge in [-0.2, -0.15) is 0 Å². The number of β-amino-alcohol motifs (C(OH)–C–C–N with tert-alkyl or cyclic N) is 1. The van der Waals surface area contributed by atoms with Crippen LogP contribution in [0, 0.1) is 5.82 Å². The number of benzene rings is 1. The summed E-state index contributed by atoms with van der Waals surface area (Å²) in [6.45, 7) is 3.49. The fourth-order valence-electron chi connectivity index (χ4n) is 3.42. The number of hydrogen-bond acceptors (Lipinski definition) is 4. The van der Waals surface area contributed by atoms with Crippen molar-refractivity contribution in [3.8, 4) is 5.75 Å². The predicted octanol–water partition coefficient (Wildman–Crippen LogP) is 1.65. The molecule has 1 aromatic rings. The van der Waals surface area contributed by atoms with Crippen molar-refractivity contribution in [3.63, 3.8) is 0 Å². The Morgan fingerprint density at radius 2 is 1.88 bits per heavy atom. The van der Waals surface area contributed by atoms with Crippen molar-refractivity contribution in [1.82, 2.24) is 9.80 Å². The third-order valence-electron chi connectivity index (χ3n) is 4.79. The Bertz CT molecular complexity index is 560. The molecule has 5 nitrogen and oxygen atoms in total. The van der Waals surface area contributed by atoms with Gasteiger partial charge in [0.15, 0.2) is 0 Å². The Hall–Kier alpha value is -1.66. The van der Waals surface area contributed by atoms with Crippen LogP contribution in [0.4, 0.5) is 4.39 Å². The summed E-state index contributed by atoms with van der Waals surface area (Å²) in [6.07, 6.45) is 3.67. The monoisotopic (exact) mass is 336 g/mol. The Balaban J connectivity index is 1.52. The maximum Gasteiger partial charge on any atom is 0.236 e. The van der Waals surface area contributed by atoms with Gasteiger partial charge in [-0.05, 0) is 63.0 Å². The molecular formula is C18H25FN2O3. The van der Waals surface area contributed by atoms with Crippen molar-refractivity contribution < 1.29 is 19.0 Å². The number of hydrogen-bond donors (Lipinski definition) is 1. The first-order chi connectivity index (χ1) is 11.5. The number of halogens is 1. The molecule has 2 fully saturated rings. The van der Waals surface area contributed by atoms with E-state index in [4.69, 9.17) is 4.74 Å². The topological polar surface area (TPSA) is 53.0 Å². The van der Waals surface area contributed by atoms with Gasteiger partial charge in [0.1, 0.15) is 23.8 Å². The number of rotatable bonds is 5. The molecule has 132 valence electrons. The van der Waals surface area contributed by atoms with Crippen molar-refractivity contribution in [1.29, 1.82) is 0 Å². The number of piperidine rings is 1. The minimum absolute atomic E-state index is 0.0804. The summed E-state index contributed by atoms with van der Waals surface area (Å²) in [5.74, 6) is 0.277. The minimum Gasteiger partial charge on any atom is -0.491 e. The SMILES string of the molecule is O=C(CN1CCCC1)N1CCCC(O)(COc2ccc(F)cc2)C1. The van der Waals surface area contributed by atoms with Gasteiger partial charge < -0.3 is 14.7 Å². The molecule has 0 saturated carbocycles. The molecule has 0 spiro atoms. The zero-order valence-electron chi connectivity index (χ0n) is 13.9. The van der Waals surface area contributed by atoms with Gasteiger partial charge in [-0.3, -0.25) is 9.69 Å². The highest BCUT2D eigenvalue weighted by Gasteiger charge is 2.36. The van der Waals surface area contributed by atoms with Crippen molar-refractivity contribution in [2.75, 3.05) is 39.3 Å². The fraction of sp³-hybridized carbons (Fsp3) is 0.611. The van der Waals surface area contributed by atoms with Crippen LogP contribution in [-0.2, 0) is 4.79 Å². The van der Waals surface area contributed by atoms with E-state index in [1.165, 1.54) is 24.3 Å². The summed E-state index contributed by atoms with van der Waals surface area (Å²) in [5.41, 5.74) is -1.05. The molecule has 2 heterocycles. The van der Waals surface area contributed by atoms with Gasteiger partial charge >= 0.3 is 0 Å².